The summed E-state index contributed by atoms with van der Waals surface area (Å²) in [5.41, 5.74) is 7.01. The van der Waals surface area contributed by atoms with Gasteiger partial charge < -0.3 is 16.2 Å². The molecule has 106 valence electrons. The summed E-state index contributed by atoms with van der Waals surface area (Å²) in [5, 5.41) is 12.0. The normalized spacial score (nSPS) is 13.1. The molecule has 19 heavy (non-hydrogen) atoms. The Morgan fingerprint density at radius 3 is 2.42 bits per heavy atom. The number of amides is 1. The van der Waals surface area contributed by atoms with E-state index in [0.717, 1.165) is 12.0 Å². The number of aromatic hydroxyl groups is 1. The summed E-state index contributed by atoms with van der Waals surface area (Å²) < 4.78 is 0. The third-order valence-electron chi connectivity index (χ3n) is 2.90. The van der Waals surface area contributed by atoms with Gasteiger partial charge in [-0.2, -0.15) is 0 Å². The lowest BCUT2D eigenvalue weighted by Crippen LogP contribution is -2.42. The first kappa shape index (κ1) is 15.5. The van der Waals surface area contributed by atoms with E-state index in [1.807, 2.05) is 0 Å². The molecule has 0 saturated heterocycles. The Kier molecular flexibility index (Phi) is 5.36. The van der Waals surface area contributed by atoms with Gasteiger partial charge >= 0.3 is 0 Å². The van der Waals surface area contributed by atoms with Crippen molar-refractivity contribution < 1.29 is 9.90 Å². The quantitative estimate of drug-likeness (QED) is 0.759. The van der Waals surface area contributed by atoms with Crippen LogP contribution in [0.5, 0.6) is 5.75 Å². The second-order valence-electron chi connectivity index (χ2n) is 6.08. The number of hydrogen-bond donors (Lipinski definition) is 3. The monoisotopic (exact) mass is 264 g/mol. The molecule has 0 saturated carbocycles. The van der Waals surface area contributed by atoms with Crippen LogP contribution < -0.4 is 11.1 Å². The van der Waals surface area contributed by atoms with E-state index >= 15 is 0 Å². The predicted octanol–water partition coefficient (Wildman–Crippen LogP) is 1.81. The van der Waals surface area contributed by atoms with Crippen molar-refractivity contribution in [3.8, 4) is 5.75 Å². The molecule has 0 bridgehead atoms. The summed E-state index contributed by atoms with van der Waals surface area (Å²) in [7, 11) is 0. The Morgan fingerprint density at radius 2 is 1.89 bits per heavy atom. The molecule has 1 aromatic carbocycles. The third-order valence-corrected chi connectivity index (χ3v) is 2.90. The van der Waals surface area contributed by atoms with E-state index in [2.05, 4.69) is 26.1 Å². The lowest BCUT2D eigenvalue weighted by Gasteiger charge is -2.19. The van der Waals surface area contributed by atoms with Gasteiger partial charge in [-0.05, 0) is 36.0 Å². The number of hydrogen-bond acceptors (Lipinski definition) is 3. The molecule has 0 aliphatic carbocycles. The van der Waals surface area contributed by atoms with Crippen LogP contribution in [0.15, 0.2) is 24.3 Å². The highest BCUT2D eigenvalue weighted by Gasteiger charge is 2.15. The Labute approximate surface area is 115 Å². The molecule has 0 spiro atoms. The van der Waals surface area contributed by atoms with Crippen LogP contribution in [0.2, 0.25) is 0 Å². The lowest BCUT2D eigenvalue weighted by atomic mass is 9.92. The van der Waals surface area contributed by atoms with Crippen molar-refractivity contribution in [2.24, 2.45) is 11.1 Å². The Hall–Kier alpha value is -1.55. The Balaban J connectivity index is 2.38. The molecule has 0 aliphatic heterocycles. The SMILES string of the molecule is CC(C)(C)CCNC(=O)C(N)Cc1ccc(O)cc1. The maximum atomic E-state index is 11.8. The van der Waals surface area contributed by atoms with E-state index in [4.69, 9.17) is 5.73 Å². The van der Waals surface area contributed by atoms with Crippen molar-refractivity contribution in [1.82, 2.24) is 5.32 Å². The van der Waals surface area contributed by atoms with E-state index in [1.165, 1.54) is 0 Å². The number of phenolic OH excluding ortho intramolecular Hbond substituents is 1. The first-order valence-corrected chi connectivity index (χ1v) is 6.59. The standard InChI is InChI=1S/C15H24N2O2/c1-15(2,3)8-9-17-14(19)13(16)10-11-4-6-12(18)7-5-11/h4-7,13,18H,8-10,16H2,1-3H3,(H,17,19). The average molecular weight is 264 g/mol. The minimum absolute atomic E-state index is 0.127. The van der Waals surface area contributed by atoms with Crippen LogP contribution in [0.25, 0.3) is 0 Å². The molecule has 0 fully saturated rings. The number of phenols is 1. The number of carbonyl (C=O) groups excluding carboxylic acids is 1. The fourth-order valence-electron chi connectivity index (χ4n) is 1.67. The molecule has 0 heterocycles. The highest BCUT2D eigenvalue weighted by Crippen LogP contribution is 2.17. The molecule has 4 nitrogen and oxygen atoms in total. The predicted molar refractivity (Wildman–Crippen MR) is 76.9 cm³/mol. The van der Waals surface area contributed by atoms with Gasteiger partial charge in [0.05, 0.1) is 6.04 Å². The largest absolute Gasteiger partial charge is 0.508 e. The van der Waals surface area contributed by atoms with Crippen LogP contribution in [-0.2, 0) is 11.2 Å². The molecule has 1 atom stereocenters. The van der Waals surface area contributed by atoms with Crippen LogP contribution in [0.3, 0.4) is 0 Å². The van der Waals surface area contributed by atoms with Gasteiger partial charge in [0.1, 0.15) is 5.75 Å². The fraction of sp³-hybridized carbons (Fsp3) is 0.533. The Bertz CT molecular complexity index is 407. The second kappa shape index (κ2) is 6.57. The Morgan fingerprint density at radius 1 is 1.32 bits per heavy atom. The minimum atomic E-state index is -0.551. The third kappa shape index (κ3) is 6.25. The molecule has 1 amide bonds. The second-order valence-corrected chi connectivity index (χ2v) is 6.08. The van der Waals surface area contributed by atoms with Crippen molar-refractivity contribution in [2.45, 2.75) is 39.7 Å². The van der Waals surface area contributed by atoms with Gasteiger partial charge in [-0.25, -0.2) is 0 Å². The zero-order valence-corrected chi connectivity index (χ0v) is 11.9. The lowest BCUT2D eigenvalue weighted by molar-refractivity contribution is -0.122. The fourth-order valence-corrected chi connectivity index (χ4v) is 1.67. The van der Waals surface area contributed by atoms with Crippen molar-refractivity contribution in [3.05, 3.63) is 29.8 Å². The molecule has 1 rings (SSSR count). The van der Waals surface area contributed by atoms with E-state index < -0.39 is 6.04 Å². The first-order chi connectivity index (χ1) is 8.78. The molecule has 4 N–H and O–H groups in total. The zero-order valence-electron chi connectivity index (χ0n) is 11.9. The molecule has 1 aromatic rings. The molecule has 0 aromatic heterocycles. The van der Waals surface area contributed by atoms with Gasteiger partial charge in [-0.3, -0.25) is 4.79 Å². The van der Waals surface area contributed by atoms with Crippen molar-refractivity contribution in [2.75, 3.05) is 6.54 Å². The summed E-state index contributed by atoms with van der Waals surface area (Å²) in [6.45, 7) is 7.05. The van der Waals surface area contributed by atoms with E-state index in [1.54, 1.807) is 24.3 Å². The van der Waals surface area contributed by atoms with Crippen LogP contribution in [0.4, 0.5) is 0 Å². The molecule has 0 aliphatic rings. The number of nitrogens with two attached hydrogens (primary N) is 1. The van der Waals surface area contributed by atoms with Crippen LogP contribution in [-0.4, -0.2) is 23.6 Å². The van der Waals surface area contributed by atoms with E-state index in [0.29, 0.717) is 13.0 Å². The highest BCUT2D eigenvalue weighted by molar-refractivity contribution is 5.81. The van der Waals surface area contributed by atoms with E-state index in [-0.39, 0.29) is 17.1 Å². The summed E-state index contributed by atoms with van der Waals surface area (Å²) >= 11 is 0. The van der Waals surface area contributed by atoms with Crippen molar-refractivity contribution in [1.29, 1.82) is 0 Å². The number of rotatable bonds is 5. The smallest absolute Gasteiger partial charge is 0.237 e. The highest BCUT2D eigenvalue weighted by atomic mass is 16.3. The minimum Gasteiger partial charge on any atom is -0.508 e. The van der Waals surface area contributed by atoms with Gasteiger partial charge in [0.2, 0.25) is 5.91 Å². The first-order valence-electron chi connectivity index (χ1n) is 6.59. The van der Waals surface area contributed by atoms with Gasteiger partial charge in [0.15, 0.2) is 0 Å². The summed E-state index contributed by atoms with van der Waals surface area (Å²) in [6.07, 6.45) is 1.40. The zero-order chi connectivity index (χ0) is 14.5. The van der Waals surface area contributed by atoms with Crippen molar-refractivity contribution >= 4 is 5.91 Å². The maximum Gasteiger partial charge on any atom is 0.237 e. The summed E-state index contributed by atoms with van der Waals surface area (Å²) in [4.78, 5) is 11.8. The topological polar surface area (TPSA) is 75.4 Å². The molecule has 4 heteroatoms. The van der Waals surface area contributed by atoms with Crippen LogP contribution in [0.1, 0.15) is 32.8 Å². The molecular weight excluding hydrogens is 240 g/mol. The van der Waals surface area contributed by atoms with Gasteiger partial charge in [-0.15, -0.1) is 0 Å². The van der Waals surface area contributed by atoms with Crippen molar-refractivity contribution in [3.63, 3.8) is 0 Å². The van der Waals surface area contributed by atoms with Crippen LogP contribution in [0, 0.1) is 5.41 Å². The van der Waals surface area contributed by atoms with Gasteiger partial charge in [0.25, 0.3) is 0 Å². The van der Waals surface area contributed by atoms with Crippen LogP contribution >= 0.6 is 0 Å². The maximum absolute atomic E-state index is 11.8. The molecule has 0 radical (unpaired) electrons. The number of carbonyl (C=O) groups is 1. The van der Waals surface area contributed by atoms with E-state index in [9.17, 15) is 9.90 Å². The molecule has 1 unspecified atom stereocenters. The average Bonchev–Trinajstić information content (AvgIpc) is 2.30. The van der Waals surface area contributed by atoms with Gasteiger partial charge in [0, 0.05) is 6.54 Å². The summed E-state index contributed by atoms with van der Waals surface area (Å²) in [5.74, 6) is 0.0873. The number of nitrogens with one attached hydrogen (secondary N) is 1. The summed E-state index contributed by atoms with van der Waals surface area (Å²) in [6, 6.07) is 6.19. The number of benzene rings is 1. The molecular formula is C15H24N2O2. The van der Waals surface area contributed by atoms with Gasteiger partial charge in [-0.1, -0.05) is 32.9 Å².